The van der Waals surface area contributed by atoms with Gasteiger partial charge < -0.3 is 9.84 Å². The molecule has 6 nitrogen and oxygen atoms in total. The largest absolute Gasteiger partial charge is 0.480 e. The number of methoxy groups -OCH3 is 1. The standard InChI is InChI=1S/C11H15NO5S/c1-8-5-3-4-6-10(8)18(15,16)12-9(7-17-2)11(13)14/h3-6,9,12H,7H2,1-2H3,(H,13,14). The van der Waals surface area contributed by atoms with Crippen molar-refractivity contribution in [3.05, 3.63) is 29.8 Å². The van der Waals surface area contributed by atoms with E-state index in [-0.39, 0.29) is 11.5 Å². The van der Waals surface area contributed by atoms with Gasteiger partial charge in [-0.05, 0) is 18.6 Å². The Morgan fingerprint density at radius 1 is 1.44 bits per heavy atom. The van der Waals surface area contributed by atoms with Crippen LogP contribution in [0.4, 0.5) is 0 Å². The van der Waals surface area contributed by atoms with E-state index >= 15 is 0 Å². The maximum absolute atomic E-state index is 12.0. The van der Waals surface area contributed by atoms with Gasteiger partial charge in [-0.2, -0.15) is 4.72 Å². The van der Waals surface area contributed by atoms with Crippen molar-refractivity contribution >= 4 is 16.0 Å². The molecule has 0 fully saturated rings. The SMILES string of the molecule is COCC(NS(=O)(=O)c1ccccc1C)C(=O)O. The quantitative estimate of drug-likeness (QED) is 0.781. The highest BCUT2D eigenvalue weighted by molar-refractivity contribution is 7.89. The predicted molar refractivity (Wildman–Crippen MR) is 64.8 cm³/mol. The minimum atomic E-state index is -3.87. The number of hydrogen-bond acceptors (Lipinski definition) is 4. The molecule has 1 unspecified atom stereocenters. The lowest BCUT2D eigenvalue weighted by Crippen LogP contribution is -2.43. The summed E-state index contributed by atoms with van der Waals surface area (Å²) in [5, 5.41) is 8.88. The smallest absolute Gasteiger partial charge is 0.324 e. The number of carboxylic acid groups (broad SMARTS) is 1. The highest BCUT2D eigenvalue weighted by atomic mass is 32.2. The van der Waals surface area contributed by atoms with Crippen molar-refractivity contribution in [3.63, 3.8) is 0 Å². The van der Waals surface area contributed by atoms with E-state index in [1.807, 2.05) is 0 Å². The van der Waals surface area contributed by atoms with Crippen LogP contribution in [-0.4, -0.2) is 39.3 Å². The van der Waals surface area contributed by atoms with Crippen molar-refractivity contribution in [3.8, 4) is 0 Å². The van der Waals surface area contributed by atoms with E-state index in [9.17, 15) is 13.2 Å². The molecular formula is C11H15NO5S. The number of ether oxygens (including phenoxy) is 1. The summed E-state index contributed by atoms with van der Waals surface area (Å²) in [7, 11) is -2.56. The van der Waals surface area contributed by atoms with Crippen molar-refractivity contribution in [2.24, 2.45) is 0 Å². The molecule has 0 amide bonds. The number of carbonyl (C=O) groups is 1. The molecule has 0 aromatic heterocycles. The third-order valence-electron chi connectivity index (χ3n) is 2.31. The van der Waals surface area contributed by atoms with E-state index in [1.54, 1.807) is 25.1 Å². The van der Waals surface area contributed by atoms with Crippen LogP contribution in [0.2, 0.25) is 0 Å². The second kappa shape index (κ2) is 5.94. The minimum absolute atomic E-state index is 0.0624. The summed E-state index contributed by atoms with van der Waals surface area (Å²) in [6, 6.07) is 5.04. The Balaban J connectivity index is 3.01. The van der Waals surface area contributed by atoms with Gasteiger partial charge in [0.15, 0.2) is 0 Å². The Morgan fingerprint density at radius 2 is 2.06 bits per heavy atom. The van der Waals surface area contributed by atoms with Gasteiger partial charge in [-0.3, -0.25) is 4.79 Å². The molecule has 1 aromatic rings. The van der Waals surface area contributed by atoms with E-state index in [2.05, 4.69) is 9.46 Å². The number of aliphatic carboxylic acids is 1. The molecule has 0 bridgehead atoms. The number of nitrogens with one attached hydrogen (secondary N) is 1. The van der Waals surface area contributed by atoms with Crippen molar-refractivity contribution in [1.82, 2.24) is 4.72 Å². The lowest BCUT2D eigenvalue weighted by Gasteiger charge is -2.14. The van der Waals surface area contributed by atoms with Crippen LogP contribution < -0.4 is 4.72 Å². The lowest BCUT2D eigenvalue weighted by molar-refractivity contribution is -0.140. The fourth-order valence-corrected chi connectivity index (χ4v) is 2.85. The molecule has 18 heavy (non-hydrogen) atoms. The number of carboxylic acids is 1. The summed E-state index contributed by atoms with van der Waals surface area (Å²) < 4.78 is 30.8. The monoisotopic (exact) mass is 273 g/mol. The third kappa shape index (κ3) is 3.52. The van der Waals surface area contributed by atoms with Gasteiger partial charge in [-0.25, -0.2) is 8.42 Å². The molecular weight excluding hydrogens is 258 g/mol. The maximum atomic E-state index is 12.0. The zero-order valence-corrected chi connectivity index (χ0v) is 10.9. The molecule has 0 aliphatic carbocycles. The number of hydrogen-bond donors (Lipinski definition) is 2. The van der Waals surface area contributed by atoms with Crippen LogP contribution >= 0.6 is 0 Å². The Hall–Kier alpha value is -1.44. The predicted octanol–water partition coefficient (Wildman–Crippen LogP) is 0.373. The first kappa shape index (κ1) is 14.6. The summed E-state index contributed by atoms with van der Waals surface area (Å²) in [6.45, 7) is 1.40. The van der Waals surface area contributed by atoms with Crippen LogP contribution in [-0.2, 0) is 19.6 Å². The van der Waals surface area contributed by atoms with Gasteiger partial charge in [0.1, 0.15) is 6.04 Å². The first-order chi connectivity index (χ1) is 8.38. The molecule has 1 rings (SSSR count). The number of benzene rings is 1. The molecule has 100 valence electrons. The molecule has 0 saturated carbocycles. The molecule has 0 heterocycles. The van der Waals surface area contributed by atoms with Gasteiger partial charge in [-0.1, -0.05) is 18.2 Å². The van der Waals surface area contributed by atoms with Crippen LogP contribution in [0.5, 0.6) is 0 Å². The Morgan fingerprint density at radius 3 is 2.56 bits per heavy atom. The first-order valence-corrected chi connectivity index (χ1v) is 6.66. The van der Waals surface area contributed by atoms with Crippen LogP contribution in [0.15, 0.2) is 29.2 Å². The maximum Gasteiger partial charge on any atom is 0.324 e. The van der Waals surface area contributed by atoms with Crippen molar-refractivity contribution in [2.75, 3.05) is 13.7 Å². The van der Waals surface area contributed by atoms with Crippen LogP contribution in [0.3, 0.4) is 0 Å². The fourth-order valence-electron chi connectivity index (χ4n) is 1.43. The Bertz CT molecular complexity index is 526. The third-order valence-corrected chi connectivity index (χ3v) is 3.94. The van der Waals surface area contributed by atoms with Crippen molar-refractivity contribution in [2.45, 2.75) is 17.9 Å². The van der Waals surface area contributed by atoms with Crippen LogP contribution in [0.25, 0.3) is 0 Å². The molecule has 2 N–H and O–H groups in total. The molecule has 0 spiro atoms. The summed E-state index contributed by atoms with van der Waals surface area (Å²) in [4.78, 5) is 10.9. The van der Waals surface area contributed by atoms with Gasteiger partial charge in [0.25, 0.3) is 0 Å². The van der Waals surface area contributed by atoms with Gasteiger partial charge in [0.05, 0.1) is 11.5 Å². The van der Waals surface area contributed by atoms with Crippen molar-refractivity contribution in [1.29, 1.82) is 0 Å². The van der Waals surface area contributed by atoms with E-state index in [4.69, 9.17) is 5.11 Å². The summed E-state index contributed by atoms with van der Waals surface area (Å²) >= 11 is 0. The molecule has 0 saturated heterocycles. The second-order valence-corrected chi connectivity index (χ2v) is 5.42. The zero-order chi connectivity index (χ0) is 13.8. The van der Waals surface area contributed by atoms with Crippen LogP contribution in [0, 0.1) is 6.92 Å². The molecule has 0 aliphatic rings. The van der Waals surface area contributed by atoms with E-state index in [0.717, 1.165) is 0 Å². The Kier molecular flexibility index (Phi) is 4.83. The number of rotatable bonds is 6. The average Bonchev–Trinajstić information content (AvgIpc) is 2.28. The topological polar surface area (TPSA) is 92.7 Å². The first-order valence-electron chi connectivity index (χ1n) is 5.18. The zero-order valence-electron chi connectivity index (χ0n) is 10.1. The molecule has 7 heteroatoms. The molecule has 1 aromatic carbocycles. The normalized spacial score (nSPS) is 13.2. The van der Waals surface area contributed by atoms with Gasteiger partial charge in [0, 0.05) is 7.11 Å². The fraction of sp³-hybridized carbons (Fsp3) is 0.364. The molecule has 0 aliphatic heterocycles. The van der Waals surface area contributed by atoms with E-state index in [1.165, 1.54) is 13.2 Å². The molecule has 0 radical (unpaired) electrons. The lowest BCUT2D eigenvalue weighted by atomic mass is 10.2. The summed E-state index contributed by atoms with van der Waals surface area (Å²) in [5.41, 5.74) is 0.548. The van der Waals surface area contributed by atoms with Crippen molar-refractivity contribution < 1.29 is 23.1 Å². The molecule has 1 atom stereocenters. The van der Waals surface area contributed by atoms with Gasteiger partial charge in [0.2, 0.25) is 10.0 Å². The highest BCUT2D eigenvalue weighted by Gasteiger charge is 2.26. The second-order valence-electron chi connectivity index (χ2n) is 3.73. The van der Waals surface area contributed by atoms with Gasteiger partial charge in [-0.15, -0.1) is 0 Å². The van der Waals surface area contributed by atoms with E-state index < -0.39 is 22.0 Å². The van der Waals surface area contributed by atoms with Gasteiger partial charge >= 0.3 is 5.97 Å². The summed E-state index contributed by atoms with van der Waals surface area (Å²) in [6.07, 6.45) is 0. The van der Waals surface area contributed by atoms with E-state index in [0.29, 0.717) is 5.56 Å². The Labute approximate surface area is 106 Å². The number of sulfonamides is 1. The summed E-state index contributed by atoms with van der Waals surface area (Å²) in [5.74, 6) is -1.28. The average molecular weight is 273 g/mol. The highest BCUT2D eigenvalue weighted by Crippen LogP contribution is 2.14. The van der Waals surface area contributed by atoms with Crippen LogP contribution in [0.1, 0.15) is 5.56 Å². The minimum Gasteiger partial charge on any atom is -0.480 e. The number of aryl methyl sites for hydroxylation is 1.